The zero-order chi connectivity index (χ0) is 12.3. The summed E-state index contributed by atoms with van der Waals surface area (Å²) in [7, 11) is 0. The molecule has 1 aromatic rings. The van der Waals surface area contributed by atoms with Crippen LogP contribution in [0.5, 0.6) is 5.75 Å². The van der Waals surface area contributed by atoms with Gasteiger partial charge in [0.05, 0.1) is 0 Å². The minimum atomic E-state index is -0.522. The van der Waals surface area contributed by atoms with Crippen molar-refractivity contribution >= 4 is 5.91 Å². The fraction of sp³-hybridized carbons (Fsp3) is 0.417. The van der Waals surface area contributed by atoms with Gasteiger partial charge < -0.3 is 15.8 Å². The molecular weight excluding hydrogens is 223 g/mol. The normalized spacial score (nSPS) is 16.5. The highest BCUT2D eigenvalue weighted by molar-refractivity contribution is 5.80. The van der Waals surface area contributed by atoms with Crippen molar-refractivity contribution in [3.8, 4) is 5.75 Å². The van der Waals surface area contributed by atoms with Gasteiger partial charge in [0.2, 0.25) is 5.91 Å². The molecule has 2 rings (SSSR count). The zero-order valence-electron chi connectivity index (χ0n) is 9.36. The lowest BCUT2D eigenvalue weighted by Crippen LogP contribution is -2.46. The molecule has 3 N–H and O–H groups in total. The number of carbonyl (C=O) groups is 1. The molecule has 1 aliphatic rings. The summed E-state index contributed by atoms with van der Waals surface area (Å²) in [5.74, 6) is -0.421. The second kappa shape index (κ2) is 5.14. The first-order valence-corrected chi connectivity index (χ1v) is 5.59. The molecule has 1 saturated carbocycles. The molecule has 1 amide bonds. The van der Waals surface area contributed by atoms with Crippen LogP contribution in [0.15, 0.2) is 24.3 Å². The van der Waals surface area contributed by atoms with Gasteiger partial charge in [-0.15, -0.1) is 0 Å². The lowest BCUT2D eigenvalue weighted by atomic mass is 10.3. The van der Waals surface area contributed by atoms with Crippen LogP contribution in [0, 0.1) is 5.82 Å². The maximum absolute atomic E-state index is 12.9. The monoisotopic (exact) mass is 238 g/mol. The van der Waals surface area contributed by atoms with Gasteiger partial charge in [-0.3, -0.25) is 4.79 Å². The van der Waals surface area contributed by atoms with Gasteiger partial charge in [0.1, 0.15) is 24.2 Å². The lowest BCUT2D eigenvalue weighted by Gasteiger charge is -2.15. The maximum Gasteiger partial charge on any atom is 0.238 e. The Hall–Kier alpha value is -1.62. The number of amides is 1. The Labute approximate surface area is 98.9 Å². The summed E-state index contributed by atoms with van der Waals surface area (Å²) >= 11 is 0. The van der Waals surface area contributed by atoms with Gasteiger partial charge in [-0.25, -0.2) is 4.39 Å². The highest BCUT2D eigenvalue weighted by Crippen LogP contribution is 2.19. The third-order valence-electron chi connectivity index (χ3n) is 2.57. The van der Waals surface area contributed by atoms with Gasteiger partial charge in [0.15, 0.2) is 0 Å². The summed E-state index contributed by atoms with van der Waals surface area (Å²) in [6.07, 6.45) is 2.12. The van der Waals surface area contributed by atoms with E-state index in [0.29, 0.717) is 11.8 Å². The Kier molecular flexibility index (Phi) is 3.58. The van der Waals surface area contributed by atoms with Gasteiger partial charge in [-0.1, -0.05) is 6.07 Å². The van der Waals surface area contributed by atoms with Gasteiger partial charge in [-0.05, 0) is 25.0 Å². The van der Waals surface area contributed by atoms with Crippen LogP contribution in [-0.4, -0.2) is 24.6 Å². The van der Waals surface area contributed by atoms with E-state index in [1.807, 2.05) is 0 Å². The van der Waals surface area contributed by atoms with Gasteiger partial charge >= 0.3 is 0 Å². The third kappa shape index (κ3) is 3.71. The van der Waals surface area contributed by atoms with Crippen LogP contribution >= 0.6 is 0 Å². The van der Waals surface area contributed by atoms with Gasteiger partial charge in [0, 0.05) is 12.1 Å². The smallest absolute Gasteiger partial charge is 0.238 e. The zero-order valence-corrected chi connectivity index (χ0v) is 9.36. The summed E-state index contributed by atoms with van der Waals surface area (Å²) in [6, 6.07) is 5.64. The van der Waals surface area contributed by atoms with Crippen LogP contribution in [0.4, 0.5) is 4.39 Å². The predicted octanol–water partition coefficient (Wildman–Crippen LogP) is 0.810. The molecule has 0 aromatic heterocycles. The largest absolute Gasteiger partial charge is 0.491 e. The number of carbonyl (C=O) groups excluding carboxylic acids is 1. The van der Waals surface area contributed by atoms with Crippen LogP contribution in [0.2, 0.25) is 0 Å². The van der Waals surface area contributed by atoms with E-state index in [9.17, 15) is 9.18 Å². The van der Waals surface area contributed by atoms with E-state index in [4.69, 9.17) is 10.5 Å². The molecule has 17 heavy (non-hydrogen) atoms. The van der Waals surface area contributed by atoms with Crippen molar-refractivity contribution in [1.29, 1.82) is 0 Å². The fourth-order valence-corrected chi connectivity index (χ4v) is 1.48. The van der Waals surface area contributed by atoms with E-state index >= 15 is 0 Å². The number of ether oxygens (including phenoxy) is 1. The first-order chi connectivity index (χ1) is 8.15. The summed E-state index contributed by atoms with van der Waals surface area (Å²) in [6.45, 7) is 0.120. The SMILES string of the molecule is NC(=O)C(COc1cccc(F)c1)NC1CC1. The lowest BCUT2D eigenvalue weighted by molar-refractivity contribution is -0.120. The molecule has 1 unspecified atom stereocenters. The minimum absolute atomic E-state index is 0.120. The summed E-state index contributed by atoms with van der Waals surface area (Å²) in [4.78, 5) is 11.2. The molecule has 0 spiro atoms. The predicted molar refractivity (Wildman–Crippen MR) is 61.0 cm³/mol. The molecule has 0 saturated heterocycles. The van der Waals surface area contributed by atoms with E-state index in [0.717, 1.165) is 12.8 Å². The Morgan fingerprint density at radius 3 is 2.94 bits per heavy atom. The number of nitrogens with two attached hydrogens (primary N) is 1. The molecule has 4 nitrogen and oxygen atoms in total. The molecule has 5 heteroatoms. The van der Waals surface area contributed by atoms with Gasteiger partial charge in [0.25, 0.3) is 0 Å². The van der Waals surface area contributed by atoms with Crippen LogP contribution in [-0.2, 0) is 4.79 Å². The molecule has 1 fully saturated rings. The van der Waals surface area contributed by atoms with Crippen molar-refractivity contribution in [2.45, 2.75) is 24.9 Å². The molecule has 0 heterocycles. The van der Waals surface area contributed by atoms with Crippen molar-refractivity contribution in [1.82, 2.24) is 5.32 Å². The second-order valence-corrected chi connectivity index (χ2v) is 4.16. The summed E-state index contributed by atoms with van der Waals surface area (Å²) in [5, 5.41) is 3.08. The Morgan fingerprint density at radius 1 is 1.59 bits per heavy atom. The van der Waals surface area contributed by atoms with Crippen LogP contribution in [0.3, 0.4) is 0 Å². The molecular formula is C12H15FN2O2. The fourth-order valence-electron chi connectivity index (χ4n) is 1.48. The summed E-state index contributed by atoms with van der Waals surface area (Å²) in [5.41, 5.74) is 5.25. The maximum atomic E-state index is 12.9. The first-order valence-electron chi connectivity index (χ1n) is 5.59. The first kappa shape index (κ1) is 11.9. The molecule has 1 aliphatic carbocycles. The van der Waals surface area contributed by atoms with Crippen molar-refractivity contribution < 1.29 is 13.9 Å². The Bertz CT molecular complexity index is 407. The number of rotatable bonds is 6. The number of nitrogens with one attached hydrogen (secondary N) is 1. The van der Waals surface area contributed by atoms with E-state index < -0.39 is 11.9 Å². The highest BCUT2D eigenvalue weighted by Gasteiger charge is 2.27. The van der Waals surface area contributed by atoms with Gasteiger partial charge in [-0.2, -0.15) is 0 Å². The highest BCUT2D eigenvalue weighted by atomic mass is 19.1. The van der Waals surface area contributed by atoms with Crippen LogP contribution < -0.4 is 15.8 Å². The number of halogens is 1. The average Bonchev–Trinajstić information content (AvgIpc) is 3.07. The third-order valence-corrected chi connectivity index (χ3v) is 2.57. The second-order valence-electron chi connectivity index (χ2n) is 4.16. The Morgan fingerprint density at radius 2 is 2.35 bits per heavy atom. The standard InChI is InChI=1S/C12H15FN2O2/c13-8-2-1-3-10(6-8)17-7-11(12(14)16)15-9-4-5-9/h1-3,6,9,11,15H,4-5,7H2,(H2,14,16). The molecule has 0 bridgehead atoms. The van der Waals surface area contributed by atoms with Crippen molar-refractivity contribution in [3.63, 3.8) is 0 Å². The number of benzene rings is 1. The topological polar surface area (TPSA) is 64.4 Å². The molecule has 1 aromatic carbocycles. The number of hydrogen-bond donors (Lipinski definition) is 2. The van der Waals surface area contributed by atoms with Crippen LogP contribution in [0.25, 0.3) is 0 Å². The average molecular weight is 238 g/mol. The van der Waals surface area contributed by atoms with E-state index in [1.165, 1.54) is 12.1 Å². The van der Waals surface area contributed by atoms with E-state index in [-0.39, 0.29) is 12.4 Å². The molecule has 1 atom stereocenters. The quantitative estimate of drug-likeness (QED) is 0.770. The van der Waals surface area contributed by atoms with E-state index in [2.05, 4.69) is 5.32 Å². The van der Waals surface area contributed by atoms with Crippen LogP contribution in [0.1, 0.15) is 12.8 Å². The van der Waals surface area contributed by atoms with E-state index in [1.54, 1.807) is 12.1 Å². The summed E-state index contributed by atoms with van der Waals surface area (Å²) < 4.78 is 18.2. The Balaban J connectivity index is 1.87. The molecule has 0 aliphatic heterocycles. The number of hydrogen-bond acceptors (Lipinski definition) is 3. The minimum Gasteiger partial charge on any atom is -0.491 e. The number of primary amides is 1. The molecule has 92 valence electrons. The van der Waals surface area contributed by atoms with Crippen molar-refractivity contribution in [3.05, 3.63) is 30.1 Å². The van der Waals surface area contributed by atoms with Crippen molar-refractivity contribution in [2.75, 3.05) is 6.61 Å². The van der Waals surface area contributed by atoms with Crippen molar-refractivity contribution in [2.24, 2.45) is 5.73 Å². The molecule has 0 radical (unpaired) electrons.